The Morgan fingerprint density at radius 1 is 1.17 bits per heavy atom. The molecule has 0 aromatic carbocycles. The molecule has 1 atom stereocenters. The second kappa shape index (κ2) is 6.37. The standard InChI is InChI=1S/C17H20N4OS/c22-17(21-10-9-20-8-4-2-5-13(20)12-21)15-11-19-16(23-15)14-6-1-3-7-18-14/h1,3,6-7,11,13H,2,4-5,8-10,12H2. The molecule has 1 unspecified atom stereocenters. The monoisotopic (exact) mass is 328 g/mol. The summed E-state index contributed by atoms with van der Waals surface area (Å²) >= 11 is 1.44. The number of aromatic nitrogens is 2. The number of amides is 1. The molecule has 23 heavy (non-hydrogen) atoms. The van der Waals surface area contributed by atoms with Gasteiger partial charge in [0, 0.05) is 31.9 Å². The van der Waals surface area contributed by atoms with Crippen molar-refractivity contribution in [3.05, 3.63) is 35.5 Å². The maximum absolute atomic E-state index is 12.8. The molecule has 6 heteroatoms. The summed E-state index contributed by atoms with van der Waals surface area (Å²) in [5.41, 5.74) is 0.827. The first-order valence-electron chi connectivity index (χ1n) is 8.22. The molecule has 1 amide bonds. The van der Waals surface area contributed by atoms with E-state index in [1.54, 1.807) is 12.4 Å². The van der Waals surface area contributed by atoms with Crippen LogP contribution in [0.3, 0.4) is 0 Å². The lowest BCUT2D eigenvalue weighted by atomic mass is 9.99. The zero-order valence-electron chi connectivity index (χ0n) is 13.0. The van der Waals surface area contributed by atoms with Crippen molar-refractivity contribution >= 4 is 17.2 Å². The molecule has 4 heterocycles. The van der Waals surface area contributed by atoms with Gasteiger partial charge >= 0.3 is 0 Å². The van der Waals surface area contributed by atoms with Gasteiger partial charge in [0.15, 0.2) is 0 Å². The van der Waals surface area contributed by atoms with Gasteiger partial charge < -0.3 is 4.90 Å². The summed E-state index contributed by atoms with van der Waals surface area (Å²) < 4.78 is 0. The van der Waals surface area contributed by atoms with Crippen LogP contribution in [0.1, 0.15) is 28.9 Å². The number of hydrogen-bond donors (Lipinski definition) is 0. The number of nitrogens with zero attached hydrogens (tertiary/aromatic N) is 4. The second-order valence-electron chi connectivity index (χ2n) is 6.18. The highest BCUT2D eigenvalue weighted by molar-refractivity contribution is 7.16. The summed E-state index contributed by atoms with van der Waals surface area (Å²) in [6, 6.07) is 6.29. The van der Waals surface area contributed by atoms with Gasteiger partial charge in [0.1, 0.15) is 9.88 Å². The van der Waals surface area contributed by atoms with E-state index in [4.69, 9.17) is 0 Å². The number of carbonyl (C=O) groups excluding carboxylic acids is 1. The van der Waals surface area contributed by atoms with Crippen molar-refractivity contribution in [3.63, 3.8) is 0 Å². The number of thiazole rings is 1. The zero-order chi connectivity index (χ0) is 15.6. The Hall–Kier alpha value is -1.79. The molecule has 0 radical (unpaired) electrons. The Balaban J connectivity index is 1.48. The molecular formula is C17H20N4OS. The largest absolute Gasteiger partial charge is 0.335 e. The van der Waals surface area contributed by atoms with E-state index >= 15 is 0 Å². The fraction of sp³-hybridized carbons (Fsp3) is 0.471. The SMILES string of the molecule is O=C(c1cnc(-c2ccccn2)s1)N1CCN2CCCCC2C1. The Morgan fingerprint density at radius 2 is 2.13 bits per heavy atom. The van der Waals surface area contributed by atoms with Crippen LogP contribution in [-0.2, 0) is 0 Å². The average molecular weight is 328 g/mol. The van der Waals surface area contributed by atoms with E-state index in [9.17, 15) is 4.79 Å². The molecule has 4 rings (SSSR count). The number of fused-ring (bicyclic) bond motifs is 1. The summed E-state index contributed by atoms with van der Waals surface area (Å²) in [5, 5.41) is 0.810. The number of piperidine rings is 1. The third kappa shape index (κ3) is 3.01. The normalized spacial score (nSPS) is 21.9. The topological polar surface area (TPSA) is 49.3 Å². The zero-order valence-corrected chi connectivity index (χ0v) is 13.8. The van der Waals surface area contributed by atoms with E-state index in [1.165, 1.54) is 37.1 Å². The van der Waals surface area contributed by atoms with Gasteiger partial charge in [-0.2, -0.15) is 0 Å². The molecule has 2 aliphatic rings. The maximum atomic E-state index is 12.8. The Morgan fingerprint density at radius 3 is 3.00 bits per heavy atom. The first kappa shape index (κ1) is 14.8. The first-order valence-corrected chi connectivity index (χ1v) is 9.03. The summed E-state index contributed by atoms with van der Waals surface area (Å²) in [6.07, 6.45) is 7.25. The van der Waals surface area contributed by atoms with Crippen molar-refractivity contribution < 1.29 is 4.79 Å². The van der Waals surface area contributed by atoms with Crippen LogP contribution in [0.5, 0.6) is 0 Å². The summed E-state index contributed by atoms with van der Waals surface area (Å²) in [5.74, 6) is 0.120. The van der Waals surface area contributed by atoms with E-state index in [2.05, 4.69) is 14.9 Å². The van der Waals surface area contributed by atoms with E-state index in [-0.39, 0.29) is 5.91 Å². The fourth-order valence-electron chi connectivity index (χ4n) is 3.48. The van der Waals surface area contributed by atoms with Crippen molar-refractivity contribution in [2.45, 2.75) is 25.3 Å². The lowest BCUT2D eigenvalue weighted by Crippen LogP contribution is -2.56. The van der Waals surface area contributed by atoms with Gasteiger partial charge in [0.2, 0.25) is 0 Å². The van der Waals surface area contributed by atoms with Crippen LogP contribution in [-0.4, -0.2) is 57.9 Å². The van der Waals surface area contributed by atoms with E-state index in [0.29, 0.717) is 6.04 Å². The number of piperazine rings is 1. The third-order valence-electron chi connectivity index (χ3n) is 4.73. The van der Waals surface area contributed by atoms with Gasteiger partial charge in [-0.25, -0.2) is 4.98 Å². The molecule has 120 valence electrons. The van der Waals surface area contributed by atoms with Crippen LogP contribution >= 0.6 is 11.3 Å². The lowest BCUT2D eigenvalue weighted by Gasteiger charge is -2.43. The van der Waals surface area contributed by atoms with Crippen LogP contribution < -0.4 is 0 Å². The molecule has 2 fully saturated rings. The molecule has 5 nitrogen and oxygen atoms in total. The van der Waals surface area contributed by atoms with Gasteiger partial charge in [-0.3, -0.25) is 14.7 Å². The van der Waals surface area contributed by atoms with E-state index in [0.717, 1.165) is 35.2 Å². The molecule has 2 aromatic heterocycles. The molecule has 0 aliphatic carbocycles. The van der Waals surface area contributed by atoms with Crippen LogP contribution in [0.2, 0.25) is 0 Å². The molecule has 2 saturated heterocycles. The van der Waals surface area contributed by atoms with Gasteiger partial charge in [0.25, 0.3) is 5.91 Å². The van der Waals surface area contributed by atoms with Gasteiger partial charge in [-0.1, -0.05) is 12.5 Å². The van der Waals surface area contributed by atoms with Gasteiger partial charge in [0.05, 0.1) is 11.9 Å². The Kier molecular flexibility index (Phi) is 4.10. The molecule has 0 saturated carbocycles. The van der Waals surface area contributed by atoms with Crippen molar-refractivity contribution in [3.8, 4) is 10.7 Å². The fourth-order valence-corrected chi connectivity index (χ4v) is 4.34. The third-order valence-corrected chi connectivity index (χ3v) is 5.73. The average Bonchev–Trinajstić information content (AvgIpc) is 3.11. The van der Waals surface area contributed by atoms with Crippen LogP contribution in [0.4, 0.5) is 0 Å². The minimum atomic E-state index is 0.120. The van der Waals surface area contributed by atoms with E-state index in [1.807, 2.05) is 23.1 Å². The van der Waals surface area contributed by atoms with Crippen molar-refractivity contribution in [1.82, 2.24) is 19.8 Å². The van der Waals surface area contributed by atoms with Crippen LogP contribution in [0.15, 0.2) is 30.6 Å². The smallest absolute Gasteiger partial charge is 0.265 e. The summed E-state index contributed by atoms with van der Waals surface area (Å²) in [4.78, 5) is 26.7. The minimum Gasteiger partial charge on any atom is -0.335 e. The predicted octanol–water partition coefficient (Wildman–Crippen LogP) is 2.52. The molecule has 2 aromatic rings. The number of rotatable bonds is 2. The predicted molar refractivity (Wildman–Crippen MR) is 90.5 cm³/mol. The number of pyridine rings is 1. The minimum absolute atomic E-state index is 0.120. The van der Waals surface area contributed by atoms with Crippen molar-refractivity contribution in [2.24, 2.45) is 0 Å². The van der Waals surface area contributed by atoms with Crippen molar-refractivity contribution in [2.75, 3.05) is 26.2 Å². The van der Waals surface area contributed by atoms with Crippen LogP contribution in [0, 0.1) is 0 Å². The Bertz CT molecular complexity index is 687. The number of carbonyl (C=O) groups is 1. The molecule has 2 aliphatic heterocycles. The summed E-state index contributed by atoms with van der Waals surface area (Å²) in [7, 11) is 0. The highest BCUT2D eigenvalue weighted by Crippen LogP contribution is 2.26. The molecule has 0 bridgehead atoms. The highest BCUT2D eigenvalue weighted by atomic mass is 32.1. The van der Waals surface area contributed by atoms with Gasteiger partial charge in [-0.15, -0.1) is 11.3 Å². The molecule has 0 N–H and O–H groups in total. The molecule has 0 spiro atoms. The van der Waals surface area contributed by atoms with E-state index < -0.39 is 0 Å². The second-order valence-corrected chi connectivity index (χ2v) is 7.21. The first-order chi connectivity index (χ1) is 11.3. The maximum Gasteiger partial charge on any atom is 0.265 e. The molecular weight excluding hydrogens is 308 g/mol. The highest BCUT2D eigenvalue weighted by Gasteiger charge is 2.31. The van der Waals surface area contributed by atoms with Crippen LogP contribution in [0.25, 0.3) is 10.7 Å². The van der Waals surface area contributed by atoms with Crippen molar-refractivity contribution in [1.29, 1.82) is 0 Å². The summed E-state index contributed by atoms with van der Waals surface area (Å²) in [6.45, 7) is 3.88. The number of hydrogen-bond acceptors (Lipinski definition) is 5. The quantitative estimate of drug-likeness (QED) is 0.850. The van der Waals surface area contributed by atoms with Gasteiger partial charge in [-0.05, 0) is 31.5 Å². The Labute approximate surface area is 140 Å². The lowest BCUT2D eigenvalue weighted by molar-refractivity contribution is 0.0376.